The number of aromatic amines is 1. The van der Waals surface area contributed by atoms with E-state index in [9.17, 15) is 9.59 Å². The molecule has 31 heavy (non-hydrogen) atoms. The first-order valence-electron chi connectivity index (χ1n) is 10.8. The largest absolute Gasteiger partial charge is 0.354 e. The Morgan fingerprint density at radius 3 is 2.68 bits per heavy atom. The molecule has 0 spiro atoms. The molecule has 160 valence electrons. The number of fused-ring (bicyclic) bond motifs is 2. The van der Waals surface area contributed by atoms with Crippen LogP contribution in [-0.4, -0.2) is 63.9 Å². The average molecular weight is 419 g/mol. The smallest absolute Gasteiger partial charge is 0.255 e. The first-order chi connectivity index (χ1) is 15.0. The monoisotopic (exact) mass is 418 g/mol. The van der Waals surface area contributed by atoms with Gasteiger partial charge in [-0.05, 0) is 36.2 Å². The van der Waals surface area contributed by atoms with Crippen molar-refractivity contribution in [1.29, 1.82) is 0 Å². The zero-order valence-corrected chi connectivity index (χ0v) is 17.9. The number of piperazine rings is 1. The van der Waals surface area contributed by atoms with Gasteiger partial charge in [-0.3, -0.25) is 19.5 Å². The Morgan fingerprint density at radius 2 is 1.90 bits per heavy atom. The number of nitrogens with zero attached hydrogens (tertiary/aromatic N) is 5. The molecule has 3 aromatic rings. The lowest BCUT2D eigenvalue weighted by atomic mass is 10.1. The van der Waals surface area contributed by atoms with Gasteiger partial charge in [0.15, 0.2) is 0 Å². The predicted molar refractivity (Wildman–Crippen MR) is 119 cm³/mol. The molecule has 1 N–H and O–H groups in total. The second kappa shape index (κ2) is 7.77. The number of carbonyl (C=O) groups excluding carboxylic acids is 1. The van der Waals surface area contributed by atoms with Crippen LogP contribution in [0, 0.1) is 0 Å². The van der Waals surface area contributed by atoms with E-state index in [1.54, 1.807) is 4.90 Å². The molecule has 3 aromatic heterocycles. The molecule has 0 atom stereocenters. The number of amides is 1. The van der Waals surface area contributed by atoms with Crippen molar-refractivity contribution in [2.75, 3.05) is 38.1 Å². The maximum atomic E-state index is 12.1. The minimum absolute atomic E-state index is 0.0303. The fraction of sp³-hybridized carbons (Fsp3) is 0.391. The van der Waals surface area contributed by atoms with E-state index in [-0.39, 0.29) is 11.5 Å². The standard InChI is InChI=1S/C23H26N6O2/c1-3-16-11-18-19(26-22(16)30)10-15(12-24-18)13-28-6-8-29(9-7-28)21-5-4-17-20(25-21)14-27(2)23(17)31/h4-5,10-12H,3,6-9,13-14H2,1-2H3,(H,26,30). The van der Waals surface area contributed by atoms with Crippen LogP contribution in [0.4, 0.5) is 5.82 Å². The van der Waals surface area contributed by atoms with Gasteiger partial charge in [0.1, 0.15) is 5.82 Å². The second-order valence-electron chi connectivity index (χ2n) is 8.34. The Labute approximate surface area is 180 Å². The summed E-state index contributed by atoms with van der Waals surface area (Å²) < 4.78 is 0. The Hall–Kier alpha value is -3.26. The van der Waals surface area contributed by atoms with Crippen LogP contribution in [0.2, 0.25) is 0 Å². The highest BCUT2D eigenvalue weighted by atomic mass is 16.2. The Morgan fingerprint density at radius 1 is 1.10 bits per heavy atom. The first-order valence-corrected chi connectivity index (χ1v) is 10.8. The number of pyridine rings is 3. The molecule has 0 radical (unpaired) electrons. The van der Waals surface area contributed by atoms with Gasteiger partial charge in [-0.25, -0.2) is 4.98 Å². The quantitative estimate of drug-likeness (QED) is 0.695. The summed E-state index contributed by atoms with van der Waals surface area (Å²) in [4.78, 5) is 42.8. The van der Waals surface area contributed by atoms with Crippen molar-refractivity contribution >= 4 is 22.8 Å². The molecule has 5 heterocycles. The molecule has 1 fully saturated rings. The summed E-state index contributed by atoms with van der Waals surface area (Å²) in [6.07, 6.45) is 2.60. The van der Waals surface area contributed by atoms with Gasteiger partial charge in [-0.1, -0.05) is 6.92 Å². The molecule has 0 saturated carbocycles. The lowest BCUT2D eigenvalue weighted by Crippen LogP contribution is -2.46. The molecule has 0 aromatic carbocycles. The number of aromatic nitrogens is 3. The predicted octanol–water partition coefficient (Wildman–Crippen LogP) is 1.79. The Kier molecular flexibility index (Phi) is 4.94. The van der Waals surface area contributed by atoms with Crippen LogP contribution in [0.1, 0.15) is 34.1 Å². The van der Waals surface area contributed by atoms with E-state index in [0.29, 0.717) is 13.0 Å². The zero-order valence-electron chi connectivity index (χ0n) is 17.9. The van der Waals surface area contributed by atoms with Crippen molar-refractivity contribution in [1.82, 2.24) is 24.8 Å². The van der Waals surface area contributed by atoms with Crippen LogP contribution >= 0.6 is 0 Å². The van der Waals surface area contributed by atoms with Gasteiger partial charge >= 0.3 is 0 Å². The second-order valence-corrected chi connectivity index (χ2v) is 8.34. The number of hydrogen-bond acceptors (Lipinski definition) is 6. The van der Waals surface area contributed by atoms with Gasteiger partial charge in [0.05, 0.1) is 28.8 Å². The third kappa shape index (κ3) is 3.67. The minimum Gasteiger partial charge on any atom is -0.354 e. The summed E-state index contributed by atoms with van der Waals surface area (Å²) in [6, 6.07) is 7.78. The lowest BCUT2D eigenvalue weighted by Gasteiger charge is -2.35. The van der Waals surface area contributed by atoms with Crippen molar-refractivity contribution in [3.05, 3.63) is 63.2 Å². The van der Waals surface area contributed by atoms with Crippen molar-refractivity contribution in [3.63, 3.8) is 0 Å². The van der Waals surface area contributed by atoms with Crippen molar-refractivity contribution in [3.8, 4) is 0 Å². The van der Waals surface area contributed by atoms with Crippen LogP contribution in [0.5, 0.6) is 0 Å². The topological polar surface area (TPSA) is 85.4 Å². The highest BCUT2D eigenvalue weighted by Crippen LogP contribution is 2.24. The SMILES string of the molecule is CCc1cc2ncc(CN3CCN(c4ccc5c(n4)CN(C)C5=O)CC3)cc2[nH]c1=O. The van der Waals surface area contributed by atoms with Gasteiger partial charge < -0.3 is 14.8 Å². The number of aryl methyl sites for hydroxylation is 1. The van der Waals surface area contributed by atoms with Gasteiger partial charge in [0, 0.05) is 51.5 Å². The molecule has 8 nitrogen and oxygen atoms in total. The molecule has 0 aliphatic carbocycles. The summed E-state index contributed by atoms with van der Waals surface area (Å²) in [7, 11) is 1.81. The molecule has 5 rings (SSSR count). The highest BCUT2D eigenvalue weighted by molar-refractivity contribution is 5.97. The number of hydrogen-bond donors (Lipinski definition) is 1. The van der Waals surface area contributed by atoms with E-state index < -0.39 is 0 Å². The molecule has 1 amide bonds. The van der Waals surface area contributed by atoms with Crippen LogP contribution < -0.4 is 10.5 Å². The van der Waals surface area contributed by atoms with Gasteiger partial charge in [0.2, 0.25) is 0 Å². The van der Waals surface area contributed by atoms with Gasteiger partial charge in [-0.2, -0.15) is 0 Å². The normalized spacial score (nSPS) is 16.9. The minimum atomic E-state index is -0.0303. The number of nitrogens with one attached hydrogen (secondary N) is 1. The third-order valence-electron chi connectivity index (χ3n) is 6.23. The summed E-state index contributed by atoms with van der Waals surface area (Å²) in [5.41, 5.74) is 5.04. The Balaban J connectivity index is 1.25. The molecule has 0 bridgehead atoms. The lowest BCUT2D eigenvalue weighted by molar-refractivity contribution is 0.0816. The molecule has 2 aliphatic rings. The first kappa shape index (κ1) is 19.7. The number of H-pyrrole nitrogens is 1. The van der Waals surface area contributed by atoms with E-state index in [4.69, 9.17) is 4.98 Å². The number of rotatable bonds is 4. The average Bonchev–Trinajstić information content (AvgIpc) is 3.06. The summed E-state index contributed by atoms with van der Waals surface area (Å²) in [6.45, 7) is 6.95. The van der Waals surface area contributed by atoms with Crippen LogP contribution in [0.15, 0.2) is 35.3 Å². The maximum absolute atomic E-state index is 12.1. The van der Waals surface area contributed by atoms with E-state index in [2.05, 4.69) is 19.8 Å². The van der Waals surface area contributed by atoms with Crippen molar-refractivity contribution < 1.29 is 4.79 Å². The Bertz CT molecular complexity index is 1210. The fourth-order valence-electron chi connectivity index (χ4n) is 4.39. The molecule has 1 saturated heterocycles. The summed E-state index contributed by atoms with van der Waals surface area (Å²) >= 11 is 0. The van der Waals surface area contributed by atoms with Crippen LogP contribution in [0.3, 0.4) is 0 Å². The number of carbonyl (C=O) groups is 1. The van der Waals surface area contributed by atoms with E-state index in [1.165, 1.54) is 0 Å². The van der Waals surface area contributed by atoms with Crippen molar-refractivity contribution in [2.45, 2.75) is 26.4 Å². The van der Waals surface area contributed by atoms with Crippen LogP contribution in [0.25, 0.3) is 11.0 Å². The highest BCUT2D eigenvalue weighted by Gasteiger charge is 2.27. The van der Waals surface area contributed by atoms with E-state index >= 15 is 0 Å². The summed E-state index contributed by atoms with van der Waals surface area (Å²) in [5.74, 6) is 0.994. The van der Waals surface area contributed by atoms with Gasteiger partial charge in [-0.15, -0.1) is 0 Å². The molecular weight excluding hydrogens is 392 g/mol. The maximum Gasteiger partial charge on any atom is 0.255 e. The number of anilines is 1. The molecule has 8 heteroatoms. The fourth-order valence-corrected chi connectivity index (χ4v) is 4.39. The van der Waals surface area contributed by atoms with Crippen LogP contribution in [-0.2, 0) is 19.5 Å². The summed E-state index contributed by atoms with van der Waals surface area (Å²) in [5, 5.41) is 0. The molecular formula is C23H26N6O2. The van der Waals surface area contributed by atoms with E-state index in [1.807, 2.05) is 44.4 Å². The van der Waals surface area contributed by atoms with Crippen molar-refractivity contribution in [2.24, 2.45) is 0 Å². The molecule has 2 aliphatic heterocycles. The third-order valence-corrected chi connectivity index (χ3v) is 6.23. The molecule has 0 unspecified atom stereocenters. The zero-order chi connectivity index (χ0) is 21.5. The van der Waals surface area contributed by atoms with E-state index in [0.717, 1.165) is 72.0 Å². The van der Waals surface area contributed by atoms with Gasteiger partial charge in [0.25, 0.3) is 11.5 Å².